The molecule has 1 atom stereocenters. The van der Waals surface area contributed by atoms with Gasteiger partial charge in [-0.15, -0.1) is 11.3 Å². The van der Waals surface area contributed by atoms with Gasteiger partial charge in [0, 0.05) is 13.0 Å². The van der Waals surface area contributed by atoms with Crippen LogP contribution < -0.4 is 0 Å². The third-order valence-electron chi connectivity index (χ3n) is 4.19. The van der Waals surface area contributed by atoms with E-state index in [1.807, 2.05) is 0 Å². The largest absolute Gasteiger partial charge is 0.334 e. The Hall–Kier alpha value is -2.06. The zero-order chi connectivity index (χ0) is 17.7. The molecule has 1 N–H and O–H groups in total. The fourth-order valence-corrected chi connectivity index (χ4v) is 4.42. The molecule has 0 unspecified atom stereocenters. The number of carbonyl (C=O) groups excluding carboxylic acids is 1. The first kappa shape index (κ1) is 16.4. The van der Waals surface area contributed by atoms with Crippen LogP contribution in [-0.2, 0) is 6.42 Å². The molecule has 0 aliphatic carbocycles. The standard InChI is InChI=1S/C16H13ClF2N4OS/c1-7-20-10-5-6-23(12(14(18)19)13(10)25-7)16(24)15-21-9-4-2-3-8(17)11(9)22-15/h2-4,12,14H,5-6H2,1H3,(H,21,22)/t12-/m1/s1. The van der Waals surface area contributed by atoms with E-state index in [9.17, 15) is 13.6 Å². The minimum Gasteiger partial charge on any atom is -0.334 e. The van der Waals surface area contributed by atoms with Crippen molar-refractivity contribution in [1.82, 2.24) is 19.9 Å². The van der Waals surface area contributed by atoms with Crippen molar-refractivity contribution < 1.29 is 13.6 Å². The number of thiazole rings is 1. The minimum atomic E-state index is -2.70. The Labute approximate surface area is 150 Å². The molecule has 130 valence electrons. The highest BCUT2D eigenvalue weighted by Crippen LogP contribution is 2.38. The summed E-state index contributed by atoms with van der Waals surface area (Å²) in [6.45, 7) is 1.95. The molecule has 0 saturated carbocycles. The average molecular weight is 383 g/mol. The number of amides is 1. The van der Waals surface area contributed by atoms with Crippen molar-refractivity contribution in [3.63, 3.8) is 0 Å². The molecule has 1 aromatic carbocycles. The van der Waals surface area contributed by atoms with E-state index in [1.165, 1.54) is 16.2 Å². The molecule has 5 nitrogen and oxygen atoms in total. The number of hydrogen-bond donors (Lipinski definition) is 1. The summed E-state index contributed by atoms with van der Waals surface area (Å²) < 4.78 is 27.5. The fraction of sp³-hybridized carbons (Fsp3) is 0.312. The highest BCUT2D eigenvalue weighted by atomic mass is 35.5. The zero-order valence-electron chi connectivity index (χ0n) is 13.1. The van der Waals surface area contributed by atoms with Crippen molar-refractivity contribution in [2.45, 2.75) is 25.8 Å². The van der Waals surface area contributed by atoms with Crippen LogP contribution in [0.5, 0.6) is 0 Å². The van der Waals surface area contributed by atoms with Gasteiger partial charge in [0.15, 0.2) is 5.82 Å². The van der Waals surface area contributed by atoms with Crippen LogP contribution in [0.4, 0.5) is 8.78 Å². The van der Waals surface area contributed by atoms with Crippen LogP contribution in [0.15, 0.2) is 18.2 Å². The van der Waals surface area contributed by atoms with E-state index in [1.54, 1.807) is 25.1 Å². The molecule has 3 heterocycles. The van der Waals surface area contributed by atoms with Crippen molar-refractivity contribution in [3.8, 4) is 0 Å². The van der Waals surface area contributed by atoms with Crippen LogP contribution in [0.2, 0.25) is 5.02 Å². The van der Waals surface area contributed by atoms with Gasteiger partial charge in [0.1, 0.15) is 11.6 Å². The topological polar surface area (TPSA) is 61.9 Å². The lowest BCUT2D eigenvalue weighted by molar-refractivity contribution is 0.0170. The second kappa shape index (κ2) is 6.03. The molecule has 0 radical (unpaired) electrons. The van der Waals surface area contributed by atoms with Crippen LogP contribution in [0, 0.1) is 6.92 Å². The SMILES string of the molecule is Cc1nc2c(s1)[C@H](C(F)F)N(C(=O)c1nc3c(Cl)cccc3[nH]1)CC2. The molecular weight excluding hydrogens is 370 g/mol. The van der Waals surface area contributed by atoms with Gasteiger partial charge >= 0.3 is 0 Å². The van der Waals surface area contributed by atoms with E-state index >= 15 is 0 Å². The summed E-state index contributed by atoms with van der Waals surface area (Å²) in [5.41, 5.74) is 1.70. The molecule has 0 bridgehead atoms. The molecule has 0 fully saturated rings. The van der Waals surface area contributed by atoms with E-state index in [2.05, 4.69) is 15.0 Å². The molecule has 1 aliphatic rings. The van der Waals surface area contributed by atoms with Crippen LogP contribution in [-0.4, -0.2) is 38.7 Å². The number of aromatic nitrogens is 3. The second-order valence-corrected chi connectivity index (χ2v) is 7.44. The summed E-state index contributed by atoms with van der Waals surface area (Å²) in [4.78, 5) is 25.9. The number of halogens is 3. The predicted molar refractivity (Wildman–Crippen MR) is 91.4 cm³/mol. The number of aromatic amines is 1. The quantitative estimate of drug-likeness (QED) is 0.729. The monoisotopic (exact) mass is 382 g/mol. The molecule has 9 heteroatoms. The third kappa shape index (κ3) is 2.69. The molecule has 25 heavy (non-hydrogen) atoms. The van der Waals surface area contributed by atoms with Gasteiger partial charge in [-0.3, -0.25) is 4.79 Å². The smallest absolute Gasteiger partial charge is 0.290 e. The van der Waals surface area contributed by atoms with Gasteiger partial charge in [0.2, 0.25) is 0 Å². The molecule has 2 aromatic heterocycles. The first-order chi connectivity index (χ1) is 12.0. The van der Waals surface area contributed by atoms with Crippen molar-refractivity contribution >= 4 is 39.9 Å². The number of nitrogens with zero attached hydrogens (tertiary/aromatic N) is 3. The number of benzene rings is 1. The van der Waals surface area contributed by atoms with Gasteiger partial charge < -0.3 is 9.88 Å². The van der Waals surface area contributed by atoms with Gasteiger partial charge in [-0.1, -0.05) is 17.7 Å². The second-order valence-electron chi connectivity index (χ2n) is 5.79. The fourth-order valence-electron chi connectivity index (χ4n) is 3.12. The Morgan fingerprint density at radius 3 is 2.96 bits per heavy atom. The molecule has 1 aliphatic heterocycles. The predicted octanol–water partition coefficient (Wildman–Crippen LogP) is 3.99. The van der Waals surface area contributed by atoms with Crippen LogP contribution in [0.3, 0.4) is 0 Å². The number of alkyl halides is 2. The van der Waals surface area contributed by atoms with Crippen LogP contribution in [0.25, 0.3) is 11.0 Å². The zero-order valence-corrected chi connectivity index (χ0v) is 14.7. The maximum Gasteiger partial charge on any atom is 0.290 e. The Morgan fingerprint density at radius 1 is 1.44 bits per heavy atom. The highest BCUT2D eigenvalue weighted by Gasteiger charge is 2.40. The van der Waals surface area contributed by atoms with Gasteiger partial charge in [0.25, 0.3) is 12.3 Å². The number of H-pyrrole nitrogens is 1. The Kier molecular flexibility index (Phi) is 3.96. The summed E-state index contributed by atoms with van der Waals surface area (Å²) in [7, 11) is 0. The molecule has 4 rings (SSSR count). The first-order valence-corrected chi connectivity index (χ1v) is 8.84. The lowest BCUT2D eigenvalue weighted by Crippen LogP contribution is -2.43. The van der Waals surface area contributed by atoms with Gasteiger partial charge in [-0.25, -0.2) is 18.7 Å². The van der Waals surface area contributed by atoms with Crippen molar-refractivity contribution in [1.29, 1.82) is 0 Å². The number of aryl methyl sites for hydroxylation is 1. The summed E-state index contributed by atoms with van der Waals surface area (Å²) >= 11 is 7.29. The van der Waals surface area contributed by atoms with E-state index in [-0.39, 0.29) is 12.4 Å². The average Bonchev–Trinajstić information content (AvgIpc) is 3.16. The normalized spacial score (nSPS) is 17.3. The van der Waals surface area contributed by atoms with Gasteiger partial charge in [0.05, 0.1) is 26.1 Å². The van der Waals surface area contributed by atoms with Crippen LogP contribution >= 0.6 is 22.9 Å². The van der Waals surface area contributed by atoms with Crippen molar-refractivity contribution in [2.24, 2.45) is 0 Å². The number of nitrogens with one attached hydrogen (secondary N) is 1. The Bertz CT molecular complexity index is 970. The molecular formula is C16H13ClF2N4OS. The molecule has 3 aromatic rings. The number of fused-ring (bicyclic) bond motifs is 2. The number of imidazole rings is 1. The number of para-hydroxylation sites is 1. The van der Waals surface area contributed by atoms with Gasteiger partial charge in [-0.2, -0.15) is 0 Å². The molecule has 1 amide bonds. The van der Waals surface area contributed by atoms with E-state index in [0.717, 1.165) is 5.01 Å². The van der Waals surface area contributed by atoms with E-state index in [4.69, 9.17) is 11.6 Å². The number of hydrogen-bond acceptors (Lipinski definition) is 4. The summed E-state index contributed by atoms with van der Waals surface area (Å²) in [5, 5.41) is 1.12. The Morgan fingerprint density at radius 2 is 2.24 bits per heavy atom. The van der Waals surface area contributed by atoms with E-state index in [0.29, 0.717) is 33.0 Å². The molecule has 0 spiro atoms. The highest BCUT2D eigenvalue weighted by molar-refractivity contribution is 7.11. The van der Waals surface area contributed by atoms with Crippen LogP contribution in [0.1, 0.15) is 32.2 Å². The summed E-state index contributed by atoms with van der Waals surface area (Å²) in [6.07, 6.45) is -2.24. The van der Waals surface area contributed by atoms with Gasteiger partial charge in [-0.05, 0) is 19.1 Å². The van der Waals surface area contributed by atoms with Crippen molar-refractivity contribution in [2.75, 3.05) is 6.54 Å². The summed E-state index contributed by atoms with van der Waals surface area (Å²) in [6, 6.07) is 3.82. The third-order valence-corrected chi connectivity index (χ3v) is 5.58. The lowest BCUT2D eigenvalue weighted by atomic mass is 10.1. The lowest BCUT2D eigenvalue weighted by Gasteiger charge is -2.33. The Balaban J connectivity index is 1.74. The minimum absolute atomic E-state index is 0.0124. The summed E-state index contributed by atoms with van der Waals surface area (Å²) in [5.74, 6) is -0.548. The maximum absolute atomic E-state index is 13.7. The molecule has 0 saturated heterocycles. The first-order valence-electron chi connectivity index (χ1n) is 7.65. The number of carbonyl (C=O) groups is 1. The maximum atomic E-state index is 13.7. The van der Waals surface area contributed by atoms with Crippen molar-refractivity contribution in [3.05, 3.63) is 44.6 Å². The van der Waals surface area contributed by atoms with E-state index < -0.39 is 18.4 Å². The number of rotatable bonds is 2.